The van der Waals surface area contributed by atoms with E-state index in [4.69, 9.17) is 9.72 Å². The maximum Gasteiger partial charge on any atom is 0.269 e. The first-order chi connectivity index (χ1) is 16.1. The number of anilines is 3. The van der Waals surface area contributed by atoms with Gasteiger partial charge in [-0.1, -0.05) is 19.1 Å². The van der Waals surface area contributed by atoms with Crippen LogP contribution in [0.4, 0.5) is 21.6 Å². The molecule has 0 N–H and O–H groups in total. The zero-order valence-electron chi connectivity index (χ0n) is 17.9. The lowest BCUT2D eigenvalue weighted by atomic mass is 9.95. The van der Waals surface area contributed by atoms with Gasteiger partial charge in [-0.3, -0.25) is 14.7 Å². The maximum absolute atomic E-state index is 14.0. The Hall–Kier alpha value is -4.07. The van der Waals surface area contributed by atoms with Crippen LogP contribution in [0.5, 0.6) is 5.75 Å². The molecule has 0 bridgehead atoms. The van der Waals surface area contributed by atoms with Crippen LogP contribution in [0.25, 0.3) is 10.9 Å². The minimum Gasteiger partial charge on any atom is -0.482 e. The molecule has 2 aromatic heterocycles. The number of hydrogen-bond donors (Lipinski definition) is 0. The number of aromatic nitrogens is 3. The average molecular weight is 441 g/mol. The molecule has 8 heteroatoms. The summed E-state index contributed by atoms with van der Waals surface area (Å²) in [6.45, 7) is 3.33. The predicted octanol–water partition coefficient (Wildman–Crippen LogP) is 4.34. The van der Waals surface area contributed by atoms with Crippen LogP contribution >= 0.6 is 0 Å². The molecule has 4 heterocycles. The fourth-order valence-electron chi connectivity index (χ4n) is 4.70. The van der Waals surface area contributed by atoms with E-state index in [2.05, 4.69) is 21.8 Å². The highest BCUT2D eigenvalue weighted by molar-refractivity contribution is 6.04. The molecule has 1 amide bonds. The summed E-state index contributed by atoms with van der Waals surface area (Å²) in [5.74, 6) is 1.02. The molecule has 164 valence electrons. The standard InChI is InChI=1S/C25H20FN5O2/c1-15-11-30(25-19-9-17(26)6-7-20(19)28-14-29-25)12-16-8-18(10-27-24(15)16)31-21-4-2-3-5-22(21)33-13-23(31)32/h2-10,14-15H,11-13H2,1H3. The van der Waals surface area contributed by atoms with E-state index in [0.717, 1.165) is 11.3 Å². The van der Waals surface area contributed by atoms with Crippen molar-refractivity contribution in [1.82, 2.24) is 15.0 Å². The topological polar surface area (TPSA) is 71.5 Å². The van der Waals surface area contributed by atoms with Crippen molar-refractivity contribution in [3.8, 4) is 5.75 Å². The van der Waals surface area contributed by atoms with Gasteiger partial charge in [0.25, 0.3) is 5.91 Å². The molecule has 0 aliphatic carbocycles. The molecule has 1 atom stereocenters. The Morgan fingerprint density at radius 1 is 1.09 bits per heavy atom. The first-order valence-corrected chi connectivity index (χ1v) is 10.8. The summed E-state index contributed by atoms with van der Waals surface area (Å²) < 4.78 is 19.6. The molecule has 33 heavy (non-hydrogen) atoms. The Morgan fingerprint density at radius 3 is 2.88 bits per heavy atom. The number of pyridine rings is 1. The molecule has 6 rings (SSSR count). The average Bonchev–Trinajstić information content (AvgIpc) is 2.83. The Morgan fingerprint density at radius 2 is 1.97 bits per heavy atom. The zero-order valence-corrected chi connectivity index (χ0v) is 17.9. The number of rotatable bonds is 2. The number of carbonyl (C=O) groups is 1. The third-order valence-corrected chi connectivity index (χ3v) is 6.15. The molecule has 4 aromatic rings. The zero-order chi connectivity index (χ0) is 22.5. The number of benzene rings is 2. The van der Waals surface area contributed by atoms with Crippen molar-refractivity contribution in [3.63, 3.8) is 0 Å². The van der Waals surface area contributed by atoms with Crippen molar-refractivity contribution in [2.45, 2.75) is 19.4 Å². The summed E-state index contributed by atoms with van der Waals surface area (Å²) in [7, 11) is 0. The predicted molar refractivity (Wildman–Crippen MR) is 122 cm³/mol. The molecular weight excluding hydrogens is 421 g/mol. The third kappa shape index (κ3) is 3.26. The number of carbonyl (C=O) groups excluding carboxylic acids is 1. The Kier molecular flexibility index (Phi) is 4.46. The number of ether oxygens (including phenoxy) is 1. The number of nitrogens with zero attached hydrogens (tertiary/aromatic N) is 5. The largest absolute Gasteiger partial charge is 0.482 e. The molecule has 0 spiro atoms. The van der Waals surface area contributed by atoms with E-state index in [1.54, 1.807) is 17.2 Å². The van der Waals surface area contributed by atoms with Gasteiger partial charge >= 0.3 is 0 Å². The van der Waals surface area contributed by atoms with Crippen molar-refractivity contribution in [2.24, 2.45) is 0 Å². The molecule has 1 unspecified atom stereocenters. The second kappa shape index (κ2) is 7.51. The number of halogens is 1. The normalized spacial score (nSPS) is 17.5. The summed E-state index contributed by atoms with van der Waals surface area (Å²) in [5.41, 5.74) is 4.09. The maximum atomic E-state index is 14.0. The summed E-state index contributed by atoms with van der Waals surface area (Å²) in [4.78, 5) is 30.0. The van der Waals surface area contributed by atoms with Crippen molar-refractivity contribution in [1.29, 1.82) is 0 Å². The highest BCUT2D eigenvalue weighted by Crippen LogP contribution is 2.39. The van der Waals surface area contributed by atoms with Gasteiger partial charge in [0.2, 0.25) is 0 Å². The van der Waals surface area contributed by atoms with Crippen LogP contribution in [-0.2, 0) is 11.3 Å². The number of para-hydroxylation sites is 2. The van der Waals surface area contributed by atoms with Crippen molar-refractivity contribution >= 4 is 34.0 Å². The van der Waals surface area contributed by atoms with E-state index in [1.165, 1.54) is 18.5 Å². The first kappa shape index (κ1) is 19.6. The first-order valence-electron chi connectivity index (χ1n) is 10.8. The van der Waals surface area contributed by atoms with Crippen LogP contribution in [0.15, 0.2) is 61.1 Å². The van der Waals surface area contributed by atoms with Crippen molar-refractivity contribution in [3.05, 3.63) is 78.1 Å². The second-order valence-electron chi connectivity index (χ2n) is 8.36. The summed E-state index contributed by atoms with van der Waals surface area (Å²) in [6.07, 6.45) is 3.26. The van der Waals surface area contributed by atoms with E-state index in [-0.39, 0.29) is 24.2 Å². The lowest BCUT2D eigenvalue weighted by Crippen LogP contribution is -2.36. The quantitative estimate of drug-likeness (QED) is 0.461. The van der Waals surface area contributed by atoms with E-state index in [1.807, 2.05) is 30.3 Å². The number of hydrogen-bond acceptors (Lipinski definition) is 6. The fourth-order valence-corrected chi connectivity index (χ4v) is 4.70. The van der Waals surface area contributed by atoms with E-state index in [0.29, 0.717) is 46.9 Å². The van der Waals surface area contributed by atoms with Gasteiger partial charge in [0.15, 0.2) is 6.61 Å². The van der Waals surface area contributed by atoms with Crippen LogP contribution in [0, 0.1) is 5.82 Å². The number of amides is 1. The Balaban J connectivity index is 1.41. The van der Waals surface area contributed by atoms with Gasteiger partial charge in [-0.25, -0.2) is 14.4 Å². The molecule has 2 aromatic carbocycles. The van der Waals surface area contributed by atoms with Gasteiger partial charge in [-0.2, -0.15) is 0 Å². The number of fused-ring (bicyclic) bond motifs is 3. The second-order valence-corrected chi connectivity index (χ2v) is 8.36. The fraction of sp³-hybridized carbons (Fsp3) is 0.200. The van der Waals surface area contributed by atoms with Gasteiger partial charge < -0.3 is 9.64 Å². The summed E-state index contributed by atoms with van der Waals surface area (Å²) >= 11 is 0. The lowest BCUT2D eigenvalue weighted by Gasteiger charge is -2.35. The molecule has 0 fully saturated rings. The molecular formula is C25H20FN5O2. The monoisotopic (exact) mass is 441 g/mol. The van der Waals surface area contributed by atoms with Gasteiger partial charge in [0.1, 0.15) is 23.7 Å². The van der Waals surface area contributed by atoms with Crippen molar-refractivity contribution in [2.75, 3.05) is 23.0 Å². The minimum absolute atomic E-state index is 0.0187. The third-order valence-electron chi connectivity index (χ3n) is 6.15. The van der Waals surface area contributed by atoms with Crippen LogP contribution in [0.3, 0.4) is 0 Å². The van der Waals surface area contributed by atoms with Gasteiger partial charge in [0, 0.05) is 24.4 Å². The van der Waals surface area contributed by atoms with E-state index >= 15 is 0 Å². The molecule has 2 aliphatic rings. The van der Waals surface area contributed by atoms with E-state index in [9.17, 15) is 9.18 Å². The van der Waals surface area contributed by atoms with Crippen LogP contribution in [-0.4, -0.2) is 34.0 Å². The molecule has 0 saturated heterocycles. The SMILES string of the molecule is CC1CN(c2ncnc3ccc(F)cc23)Cc2cc(N3C(=O)COc4ccccc43)cnc21. The molecule has 0 radical (unpaired) electrons. The highest BCUT2D eigenvalue weighted by atomic mass is 19.1. The molecule has 2 aliphatic heterocycles. The summed E-state index contributed by atoms with van der Waals surface area (Å²) in [6, 6.07) is 14.0. The van der Waals surface area contributed by atoms with Gasteiger partial charge in [0.05, 0.1) is 28.8 Å². The highest BCUT2D eigenvalue weighted by Gasteiger charge is 2.30. The van der Waals surface area contributed by atoms with Crippen LogP contribution in [0.1, 0.15) is 24.1 Å². The van der Waals surface area contributed by atoms with E-state index < -0.39 is 0 Å². The molecule has 7 nitrogen and oxygen atoms in total. The van der Waals surface area contributed by atoms with Crippen molar-refractivity contribution < 1.29 is 13.9 Å². The Labute approximate surface area is 189 Å². The van der Waals surface area contributed by atoms with Crippen LogP contribution in [0.2, 0.25) is 0 Å². The van der Waals surface area contributed by atoms with Gasteiger partial charge in [-0.15, -0.1) is 0 Å². The lowest BCUT2D eigenvalue weighted by molar-refractivity contribution is -0.120. The minimum atomic E-state index is -0.322. The van der Waals surface area contributed by atoms with Gasteiger partial charge in [-0.05, 0) is 42.0 Å². The smallest absolute Gasteiger partial charge is 0.269 e. The summed E-state index contributed by atoms with van der Waals surface area (Å²) in [5, 5.41) is 0.676. The van der Waals surface area contributed by atoms with Crippen LogP contribution < -0.4 is 14.5 Å². The Bertz CT molecular complexity index is 1410. The molecule has 0 saturated carbocycles.